The maximum Gasteiger partial charge on any atom is 0.345 e. The number of carbonyl (C=O) groups is 1. The summed E-state index contributed by atoms with van der Waals surface area (Å²) in [5, 5.41) is 3.49. The topological polar surface area (TPSA) is 52.3 Å². The van der Waals surface area contributed by atoms with Crippen LogP contribution in [-0.4, -0.2) is 17.7 Å². The fourth-order valence-corrected chi connectivity index (χ4v) is 1.02. The molecule has 0 saturated carbocycles. The summed E-state index contributed by atoms with van der Waals surface area (Å²) in [6, 6.07) is 0. The van der Waals surface area contributed by atoms with Crippen LogP contribution in [-0.2, 0) is 4.74 Å². The molecule has 0 atom stereocenters. The third-order valence-electron chi connectivity index (χ3n) is 1.30. The Morgan fingerprint density at radius 1 is 1.75 bits per heavy atom. The number of nitrogens with zero attached hydrogens (tertiary/aromatic N) is 1. The van der Waals surface area contributed by atoms with Gasteiger partial charge in [-0.05, 0) is 25.4 Å². The van der Waals surface area contributed by atoms with Crippen LogP contribution < -0.4 is 0 Å². The SMILES string of the molecule is CCOC(=O)c1c(C)noc1Cl. The van der Waals surface area contributed by atoms with Crippen LogP contribution in [0, 0.1) is 6.92 Å². The molecule has 0 amide bonds. The molecule has 0 bridgehead atoms. The average Bonchev–Trinajstić information content (AvgIpc) is 2.32. The summed E-state index contributed by atoms with van der Waals surface area (Å²) in [5.41, 5.74) is 0.650. The minimum absolute atomic E-state index is 0.0223. The van der Waals surface area contributed by atoms with Crippen LogP contribution in [0.3, 0.4) is 0 Å². The zero-order valence-electron chi connectivity index (χ0n) is 6.76. The third kappa shape index (κ3) is 1.58. The fourth-order valence-electron chi connectivity index (χ4n) is 0.773. The van der Waals surface area contributed by atoms with Crippen molar-refractivity contribution < 1.29 is 14.1 Å². The van der Waals surface area contributed by atoms with Crippen molar-refractivity contribution in [3.05, 3.63) is 16.5 Å². The summed E-state index contributed by atoms with van der Waals surface area (Å²) in [6.45, 7) is 3.65. The van der Waals surface area contributed by atoms with Gasteiger partial charge in [-0.15, -0.1) is 0 Å². The van der Waals surface area contributed by atoms with Crippen LogP contribution in [0.25, 0.3) is 0 Å². The largest absolute Gasteiger partial charge is 0.462 e. The molecule has 1 heterocycles. The Morgan fingerprint density at radius 3 is 2.83 bits per heavy atom. The van der Waals surface area contributed by atoms with E-state index in [0.29, 0.717) is 12.3 Å². The van der Waals surface area contributed by atoms with E-state index < -0.39 is 5.97 Å². The molecule has 0 aliphatic rings. The van der Waals surface area contributed by atoms with Crippen molar-refractivity contribution in [3.63, 3.8) is 0 Å². The number of aromatic nitrogens is 1. The summed E-state index contributed by atoms with van der Waals surface area (Å²) < 4.78 is 9.30. The van der Waals surface area contributed by atoms with Crippen molar-refractivity contribution in [2.24, 2.45) is 0 Å². The van der Waals surface area contributed by atoms with Gasteiger partial charge in [0.15, 0.2) is 0 Å². The van der Waals surface area contributed by atoms with Crippen molar-refractivity contribution in [1.29, 1.82) is 0 Å². The summed E-state index contributed by atoms with van der Waals surface area (Å²) in [6.07, 6.45) is 0. The number of carbonyl (C=O) groups excluding carboxylic acids is 1. The third-order valence-corrected chi connectivity index (χ3v) is 1.56. The number of hydrogen-bond donors (Lipinski definition) is 0. The molecule has 1 aromatic rings. The van der Waals surface area contributed by atoms with Gasteiger partial charge in [-0.25, -0.2) is 4.79 Å². The minimum Gasteiger partial charge on any atom is -0.462 e. The second-order valence-electron chi connectivity index (χ2n) is 2.14. The molecule has 0 aliphatic carbocycles. The highest BCUT2D eigenvalue weighted by atomic mass is 35.5. The van der Waals surface area contributed by atoms with Gasteiger partial charge in [-0.1, -0.05) is 5.16 Å². The minimum atomic E-state index is -0.499. The lowest BCUT2D eigenvalue weighted by molar-refractivity contribution is 0.0525. The quantitative estimate of drug-likeness (QED) is 0.666. The zero-order chi connectivity index (χ0) is 9.14. The van der Waals surface area contributed by atoms with Crippen molar-refractivity contribution in [2.45, 2.75) is 13.8 Å². The predicted octanol–water partition coefficient (Wildman–Crippen LogP) is 1.81. The molecule has 0 aliphatic heterocycles. The fraction of sp³-hybridized carbons (Fsp3) is 0.429. The monoisotopic (exact) mass is 189 g/mol. The van der Waals surface area contributed by atoms with Crippen molar-refractivity contribution >= 4 is 17.6 Å². The highest BCUT2D eigenvalue weighted by Gasteiger charge is 2.19. The van der Waals surface area contributed by atoms with Crippen molar-refractivity contribution in [3.8, 4) is 0 Å². The molecular formula is C7H8ClNO3. The molecule has 0 N–H and O–H groups in total. The Balaban J connectivity index is 2.93. The lowest BCUT2D eigenvalue weighted by atomic mass is 10.3. The maximum absolute atomic E-state index is 11.1. The van der Waals surface area contributed by atoms with Gasteiger partial charge >= 0.3 is 5.97 Å². The molecule has 0 unspecified atom stereocenters. The van der Waals surface area contributed by atoms with E-state index in [4.69, 9.17) is 16.3 Å². The van der Waals surface area contributed by atoms with E-state index >= 15 is 0 Å². The summed E-state index contributed by atoms with van der Waals surface area (Å²) in [7, 11) is 0. The van der Waals surface area contributed by atoms with Crippen LogP contribution in [0.1, 0.15) is 23.0 Å². The standard InChI is InChI=1S/C7H8ClNO3/c1-3-11-7(10)5-4(2)9-12-6(5)8/h3H2,1-2H3. The molecule has 4 nitrogen and oxygen atoms in total. The first-order valence-electron chi connectivity index (χ1n) is 3.45. The van der Waals surface area contributed by atoms with Crippen LogP contribution in [0.4, 0.5) is 0 Å². The van der Waals surface area contributed by atoms with Crippen LogP contribution >= 0.6 is 11.6 Å². The molecule has 0 radical (unpaired) electrons. The van der Waals surface area contributed by atoms with Gasteiger partial charge in [0.05, 0.1) is 12.3 Å². The summed E-state index contributed by atoms with van der Waals surface area (Å²) >= 11 is 5.55. The number of esters is 1. The van der Waals surface area contributed by atoms with E-state index in [1.807, 2.05) is 0 Å². The van der Waals surface area contributed by atoms with Crippen molar-refractivity contribution in [2.75, 3.05) is 6.61 Å². The second kappa shape index (κ2) is 3.58. The van der Waals surface area contributed by atoms with Crippen LogP contribution in [0.15, 0.2) is 4.52 Å². The Morgan fingerprint density at radius 2 is 2.42 bits per heavy atom. The molecule has 0 saturated heterocycles. The zero-order valence-corrected chi connectivity index (χ0v) is 7.51. The van der Waals surface area contributed by atoms with E-state index in [1.165, 1.54) is 0 Å². The van der Waals surface area contributed by atoms with Gasteiger partial charge in [0.2, 0.25) is 5.22 Å². The Kier molecular flexibility index (Phi) is 2.70. The summed E-state index contributed by atoms with van der Waals surface area (Å²) in [5.74, 6) is -0.499. The van der Waals surface area contributed by atoms with Crippen LogP contribution in [0.2, 0.25) is 5.22 Å². The van der Waals surface area contributed by atoms with Gasteiger partial charge in [0.1, 0.15) is 5.56 Å². The number of rotatable bonds is 2. The van der Waals surface area contributed by atoms with Gasteiger partial charge < -0.3 is 9.26 Å². The molecule has 1 rings (SSSR count). The summed E-state index contributed by atoms with van der Waals surface area (Å²) in [4.78, 5) is 11.1. The molecule has 5 heteroatoms. The lowest BCUT2D eigenvalue weighted by Gasteiger charge is -1.97. The van der Waals surface area contributed by atoms with E-state index in [2.05, 4.69) is 9.68 Å². The normalized spacial score (nSPS) is 9.92. The highest BCUT2D eigenvalue weighted by Crippen LogP contribution is 2.19. The molecule has 66 valence electrons. The Bertz CT molecular complexity index is 275. The first kappa shape index (κ1) is 9.06. The van der Waals surface area contributed by atoms with Gasteiger partial charge in [-0.3, -0.25) is 0 Å². The average molecular weight is 190 g/mol. The first-order valence-corrected chi connectivity index (χ1v) is 3.83. The van der Waals surface area contributed by atoms with Crippen molar-refractivity contribution in [1.82, 2.24) is 5.16 Å². The van der Waals surface area contributed by atoms with Gasteiger partial charge in [-0.2, -0.15) is 0 Å². The van der Waals surface area contributed by atoms with Gasteiger partial charge in [0, 0.05) is 0 Å². The predicted molar refractivity (Wildman–Crippen MR) is 42.2 cm³/mol. The number of ether oxygens (including phenoxy) is 1. The number of aryl methyl sites for hydroxylation is 1. The molecule has 1 aromatic heterocycles. The maximum atomic E-state index is 11.1. The Labute approximate surface area is 74.4 Å². The number of hydrogen-bond acceptors (Lipinski definition) is 4. The smallest absolute Gasteiger partial charge is 0.345 e. The second-order valence-corrected chi connectivity index (χ2v) is 2.48. The van der Waals surface area contributed by atoms with E-state index in [1.54, 1.807) is 13.8 Å². The molecular weight excluding hydrogens is 182 g/mol. The van der Waals surface area contributed by atoms with Gasteiger partial charge in [0.25, 0.3) is 0 Å². The number of halogens is 1. The molecule has 12 heavy (non-hydrogen) atoms. The first-order chi connectivity index (χ1) is 5.66. The van der Waals surface area contributed by atoms with E-state index in [-0.39, 0.29) is 10.8 Å². The van der Waals surface area contributed by atoms with E-state index in [9.17, 15) is 4.79 Å². The molecule has 0 fully saturated rings. The van der Waals surface area contributed by atoms with E-state index in [0.717, 1.165) is 0 Å². The lowest BCUT2D eigenvalue weighted by Crippen LogP contribution is -2.05. The molecule has 0 spiro atoms. The molecule has 0 aromatic carbocycles. The van der Waals surface area contributed by atoms with Crippen LogP contribution in [0.5, 0.6) is 0 Å². The highest BCUT2D eigenvalue weighted by molar-refractivity contribution is 6.31. The Hall–Kier alpha value is -1.03.